The molecule has 3 aromatic rings. The molecule has 0 aliphatic heterocycles. The van der Waals surface area contributed by atoms with Crippen LogP contribution in [0.25, 0.3) is 0 Å². The fourth-order valence-electron chi connectivity index (χ4n) is 2.90. The molecule has 0 fully saturated rings. The van der Waals surface area contributed by atoms with Crippen molar-refractivity contribution < 1.29 is 14.3 Å². The van der Waals surface area contributed by atoms with Crippen molar-refractivity contribution in [2.24, 2.45) is 0 Å². The lowest BCUT2D eigenvalue weighted by Crippen LogP contribution is -2.34. The van der Waals surface area contributed by atoms with Crippen molar-refractivity contribution in [3.8, 4) is 5.75 Å². The first kappa shape index (κ1) is 23.4. The Bertz CT molecular complexity index is 1120. The van der Waals surface area contributed by atoms with E-state index < -0.39 is 0 Å². The minimum absolute atomic E-state index is 0.147. The molecular formula is C24H22BrN3O3S. The highest BCUT2D eigenvalue weighted by molar-refractivity contribution is 9.10. The zero-order chi connectivity index (χ0) is 22.9. The predicted molar refractivity (Wildman–Crippen MR) is 134 cm³/mol. The van der Waals surface area contributed by atoms with E-state index in [1.54, 1.807) is 42.5 Å². The summed E-state index contributed by atoms with van der Waals surface area (Å²) in [6.07, 6.45) is 0.790. The summed E-state index contributed by atoms with van der Waals surface area (Å²) in [5.74, 6) is 0.140. The highest BCUT2D eigenvalue weighted by Gasteiger charge is 2.11. The number of halogens is 1. The van der Waals surface area contributed by atoms with Crippen LogP contribution in [0.4, 0.5) is 11.4 Å². The lowest BCUT2D eigenvalue weighted by molar-refractivity contribution is -0.114. The maximum atomic E-state index is 12.6. The van der Waals surface area contributed by atoms with E-state index in [9.17, 15) is 9.59 Å². The molecule has 0 atom stereocenters. The standard InChI is InChI=1S/C24H22BrN3O3S/c1-16(29)26-19-8-5-9-20(15-19)27-24(32)28-23(30)18-10-11-22(21(25)14-18)31-13-12-17-6-3-2-4-7-17/h2-11,14-15H,12-13H2,1H3,(H,26,29)(H2,27,28,30,32). The van der Waals surface area contributed by atoms with E-state index in [0.717, 1.165) is 6.42 Å². The molecule has 0 saturated carbocycles. The van der Waals surface area contributed by atoms with Crippen LogP contribution >= 0.6 is 28.1 Å². The average Bonchev–Trinajstić information content (AvgIpc) is 2.75. The fraction of sp³-hybridized carbons (Fsp3) is 0.125. The second kappa shape index (κ2) is 11.4. The number of benzene rings is 3. The first-order valence-electron chi connectivity index (χ1n) is 9.87. The minimum atomic E-state index is -0.350. The van der Waals surface area contributed by atoms with E-state index in [2.05, 4.69) is 44.0 Å². The molecule has 3 rings (SSSR count). The summed E-state index contributed by atoms with van der Waals surface area (Å²) in [6.45, 7) is 1.96. The van der Waals surface area contributed by atoms with E-state index >= 15 is 0 Å². The quantitative estimate of drug-likeness (QED) is 0.382. The van der Waals surface area contributed by atoms with Crippen LogP contribution in [0, 0.1) is 0 Å². The van der Waals surface area contributed by atoms with Gasteiger partial charge in [0.15, 0.2) is 5.11 Å². The number of ether oxygens (including phenoxy) is 1. The van der Waals surface area contributed by atoms with Crippen LogP contribution in [0.5, 0.6) is 5.75 Å². The van der Waals surface area contributed by atoms with E-state index in [0.29, 0.717) is 33.8 Å². The Kier molecular flexibility index (Phi) is 8.35. The first-order chi connectivity index (χ1) is 15.4. The average molecular weight is 512 g/mol. The van der Waals surface area contributed by atoms with Crippen molar-refractivity contribution in [3.63, 3.8) is 0 Å². The van der Waals surface area contributed by atoms with Crippen molar-refractivity contribution >= 4 is 56.4 Å². The number of carbonyl (C=O) groups is 2. The molecule has 0 aliphatic carbocycles. The van der Waals surface area contributed by atoms with Gasteiger partial charge in [-0.3, -0.25) is 14.9 Å². The highest BCUT2D eigenvalue weighted by atomic mass is 79.9. The lowest BCUT2D eigenvalue weighted by atomic mass is 10.2. The molecule has 3 aromatic carbocycles. The molecule has 6 nitrogen and oxygen atoms in total. The van der Waals surface area contributed by atoms with Crippen molar-refractivity contribution in [2.45, 2.75) is 13.3 Å². The van der Waals surface area contributed by atoms with Gasteiger partial charge in [-0.05, 0) is 70.1 Å². The molecule has 32 heavy (non-hydrogen) atoms. The summed E-state index contributed by atoms with van der Waals surface area (Å²) in [6, 6.07) is 22.2. The van der Waals surface area contributed by atoms with Gasteiger partial charge in [-0.15, -0.1) is 0 Å². The lowest BCUT2D eigenvalue weighted by Gasteiger charge is -2.12. The topological polar surface area (TPSA) is 79.5 Å². The zero-order valence-corrected chi connectivity index (χ0v) is 19.8. The number of rotatable bonds is 7. The largest absolute Gasteiger partial charge is 0.492 e. The number of carbonyl (C=O) groups excluding carboxylic acids is 2. The SMILES string of the molecule is CC(=O)Nc1cccc(NC(=S)NC(=O)c2ccc(OCCc3ccccc3)c(Br)c2)c1. The van der Waals surface area contributed by atoms with Crippen LogP contribution in [0.15, 0.2) is 77.3 Å². The molecule has 0 aliphatic rings. The van der Waals surface area contributed by atoms with Gasteiger partial charge in [-0.2, -0.15) is 0 Å². The van der Waals surface area contributed by atoms with Crippen molar-refractivity contribution in [2.75, 3.05) is 17.2 Å². The number of hydrogen-bond donors (Lipinski definition) is 3. The van der Waals surface area contributed by atoms with Crippen LogP contribution in [0.3, 0.4) is 0 Å². The second-order valence-corrected chi connectivity index (χ2v) is 8.16. The molecule has 8 heteroatoms. The van der Waals surface area contributed by atoms with Crippen molar-refractivity contribution in [1.82, 2.24) is 5.32 Å². The van der Waals surface area contributed by atoms with E-state index in [1.807, 2.05) is 18.2 Å². The normalized spacial score (nSPS) is 10.2. The molecule has 2 amide bonds. The number of hydrogen-bond acceptors (Lipinski definition) is 4. The Morgan fingerprint density at radius 1 is 0.938 bits per heavy atom. The van der Waals surface area contributed by atoms with Crippen LogP contribution in [0.2, 0.25) is 0 Å². The van der Waals surface area contributed by atoms with Gasteiger partial charge in [-0.25, -0.2) is 0 Å². The Hall–Kier alpha value is -3.23. The predicted octanol–water partition coefficient (Wildman–Crippen LogP) is 5.16. The van der Waals surface area contributed by atoms with Crippen LogP contribution < -0.4 is 20.7 Å². The summed E-state index contributed by atoms with van der Waals surface area (Å²) in [4.78, 5) is 23.8. The number of nitrogens with one attached hydrogen (secondary N) is 3. The van der Waals surface area contributed by atoms with Gasteiger partial charge in [0.2, 0.25) is 5.91 Å². The van der Waals surface area contributed by atoms with E-state index in [-0.39, 0.29) is 16.9 Å². The van der Waals surface area contributed by atoms with Crippen LogP contribution in [0.1, 0.15) is 22.8 Å². The van der Waals surface area contributed by atoms with E-state index in [4.69, 9.17) is 17.0 Å². The summed E-state index contributed by atoms with van der Waals surface area (Å²) in [5.41, 5.74) is 2.90. The molecular weight excluding hydrogens is 490 g/mol. The molecule has 0 aromatic heterocycles. The molecule has 0 unspecified atom stereocenters. The smallest absolute Gasteiger partial charge is 0.257 e. The second-order valence-electron chi connectivity index (χ2n) is 6.90. The minimum Gasteiger partial charge on any atom is -0.492 e. The summed E-state index contributed by atoms with van der Waals surface area (Å²) in [7, 11) is 0. The molecule has 3 N–H and O–H groups in total. The first-order valence-corrected chi connectivity index (χ1v) is 11.1. The molecule has 0 radical (unpaired) electrons. The van der Waals surface area contributed by atoms with Gasteiger partial charge < -0.3 is 15.4 Å². The molecule has 0 bridgehead atoms. The van der Waals surface area contributed by atoms with Crippen molar-refractivity contribution in [1.29, 1.82) is 0 Å². The highest BCUT2D eigenvalue weighted by Crippen LogP contribution is 2.26. The van der Waals surface area contributed by atoms with Crippen molar-refractivity contribution in [3.05, 3.63) is 88.4 Å². The van der Waals surface area contributed by atoms with E-state index in [1.165, 1.54) is 12.5 Å². The summed E-state index contributed by atoms with van der Waals surface area (Å²) in [5, 5.41) is 8.43. The molecule has 0 heterocycles. The summed E-state index contributed by atoms with van der Waals surface area (Å²) >= 11 is 8.70. The van der Waals surface area contributed by atoms with Gasteiger partial charge in [0.05, 0.1) is 11.1 Å². The van der Waals surface area contributed by atoms with Crippen LogP contribution in [-0.4, -0.2) is 23.5 Å². The zero-order valence-electron chi connectivity index (χ0n) is 17.4. The Labute approximate surface area is 200 Å². The fourth-order valence-corrected chi connectivity index (χ4v) is 3.60. The molecule has 0 spiro atoms. The number of amides is 2. The Morgan fingerprint density at radius 3 is 2.34 bits per heavy atom. The monoisotopic (exact) mass is 511 g/mol. The van der Waals surface area contributed by atoms with Gasteiger partial charge in [0.1, 0.15) is 5.75 Å². The van der Waals surface area contributed by atoms with Gasteiger partial charge in [0.25, 0.3) is 5.91 Å². The molecule has 164 valence electrons. The molecule has 0 saturated heterocycles. The van der Waals surface area contributed by atoms with Gasteiger partial charge in [0, 0.05) is 30.3 Å². The number of anilines is 2. The van der Waals surface area contributed by atoms with Gasteiger partial charge >= 0.3 is 0 Å². The number of thiocarbonyl (C=S) groups is 1. The third-order valence-electron chi connectivity index (χ3n) is 4.35. The Balaban J connectivity index is 1.54. The maximum Gasteiger partial charge on any atom is 0.257 e. The Morgan fingerprint density at radius 2 is 1.66 bits per heavy atom. The third-order valence-corrected chi connectivity index (χ3v) is 5.18. The third kappa shape index (κ3) is 7.18. The summed E-state index contributed by atoms with van der Waals surface area (Å²) < 4.78 is 6.51. The van der Waals surface area contributed by atoms with Gasteiger partial charge in [-0.1, -0.05) is 36.4 Å². The maximum absolute atomic E-state index is 12.6. The van der Waals surface area contributed by atoms with Crippen LogP contribution in [-0.2, 0) is 11.2 Å².